The molecule has 0 fully saturated rings. The Labute approximate surface area is 107 Å². The molecule has 0 amide bonds. The molecule has 18 heavy (non-hydrogen) atoms. The van der Waals surface area contributed by atoms with Crippen molar-refractivity contribution in [1.82, 2.24) is 0 Å². The van der Waals surface area contributed by atoms with Gasteiger partial charge in [-0.2, -0.15) is 0 Å². The van der Waals surface area contributed by atoms with Crippen molar-refractivity contribution in [3.8, 4) is 0 Å². The Kier molecular flexibility index (Phi) is 1.90. The highest BCUT2D eigenvalue weighted by molar-refractivity contribution is 6.09. The number of aliphatic imine (C=N–C) groups is 1. The summed E-state index contributed by atoms with van der Waals surface area (Å²) in [5.41, 5.74) is 7.52. The molecule has 2 aliphatic heterocycles. The van der Waals surface area contributed by atoms with Gasteiger partial charge in [0.1, 0.15) is 0 Å². The smallest absolute Gasteiger partial charge is 0.0870 e. The molecule has 0 atom stereocenters. The van der Waals surface area contributed by atoms with Crippen LogP contribution in [0.3, 0.4) is 0 Å². The monoisotopic (exact) mass is 234 g/mol. The van der Waals surface area contributed by atoms with E-state index in [1.807, 2.05) is 0 Å². The maximum Gasteiger partial charge on any atom is 0.0870 e. The Morgan fingerprint density at radius 2 is 1.94 bits per heavy atom. The van der Waals surface area contributed by atoms with Crippen LogP contribution in [-0.2, 0) is 6.42 Å². The van der Waals surface area contributed by atoms with Gasteiger partial charge in [-0.1, -0.05) is 30.3 Å². The van der Waals surface area contributed by atoms with Crippen LogP contribution in [0.2, 0.25) is 0 Å². The third-order valence-corrected chi connectivity index (χ3v) is 3.84. The highest BCUT2D eigenvalue weighted by Gasteiger charge is 2.27. The summed E-state index contributed by atoms with van der Waals surface area (Å²) < 4.78 is 0. The number of para-hydroxylation sites is 3. The lowest BCUT2D eigenvalue weighted by molar-refractivity contribution is 0.999. The molecule has 2 aliphatic rings. The summed E-state index contributed by atoms with van der Waals surface area (Å²) in [5, 5.41) is 0. The molecule has 0 aromatic heterocycles. The van der Waals surface area contributed by atoms with Gasteiger partial charge in [-0.05, 0) is 31.0 Å². The summed E-state index contributed by atoms with van der Waals surface area (Å²) in [6, 6.07) is 15.0. The molecule has 2 heterocycles. The first kappa shape index (κ1) is 9.89. The third-order valence-electron chi connectivity index (χ3n) is 3.84. The Balaban J connectivity index is 2.09. The molecule has 0 bridgehead atoms. The minimum atomic E-state index is 1.06. The van der Waals surface area contributed by atoms with Gasteiger partial charge in [0.2, 0.25) is 0 Å². The van der Waals surface area contributed by atoms with Gasteiger partial charge in [-0.25, -0.2) is 0 Å². The van der Waals surface area contributed by atoms with E-state index in [9.17, 15) is 0 Å². The summed E-state index contributed by atoms with van der Waals surface area (Å²) in [6.07, 6.45) is 1.13. The Morgan fingerprint density at radius 1 is 1.06 bits per heavy atom. The van der Waals surface area contributed by atoms with E-state index in [0.29, 0.717) is 0 Å². The standard InChI is InChI=1S/C16H14N2/c1-11-13-6-4-5-12-9-10-18(16(12)13)15-8-3-2-7-14(15)17-11/h2-8H,9-10H2,1H3. The van der Waals surface area contributed by atoms with Crippen LogP contribution in [0.4, 0.5) is 17.1 Å². The van der Waals surface area contributed by atoms with Gasteiger partial charge in [0.05, 0.1) is 17.1 Å². The van der Waals surface area contributed by atoms with E-state index in [1.54, 1.807) is 0 Å². The molecule has 2 aromatic rings. The molecular formula is C16H14N2. The number of fused-ring (bicyclic) bond motifs is 2. The van der Waals surface area contributed by atoms with Crippen LogP contribution in [0.15, 0.2) is 47.5 Å². The van der Waals surface area contributed by atoms with Crippen molar-refractivity contribution in [2.75, 3.05) is 11.4 Å². The van der Waals surface area contributed by atoms with E-state index in [1.165, 1.54) is 22.5 Å². The number of hydrogen-bond acceptors (Lipinski definition) is 2. The van der Waals surface area contributed by atoms with Crippen molar-refractivity contribution in [3.05, 3.63) is 53.6 Å². The van der Waals surface area contributed by atoms with Crippen LogP contribution in [0.25, 0.3) is 0 Å². The largest absolute Gasteiger partial charge is 0.339 e. The van der Waals surface area contributed by atoms with Crippen molar-refractivity contribution in [1.29, 1.82) is 0 Å². The number of nitrogens with zero attached hydrogens (tertiary/aromatic N) is 2. The van der Waals surface area contributed by atoms with E-state index in [4.69, 9.17) is 4.99 Å². The van der Waals surface area contributed by atoms with E-state index in [0.717, 1.165) is 24.4 Å². The van der Waals surface area contributed by atoms with Crippen LogP contribution in [0.5, 0.6) is 0 Å². The SMILES string of the molecule is CC1=Nc2ccccc2N2CCc3cccc1c32. The predicted octanol–water partition coefficient (Wildman–Crippen LogP) is 3.83. The lowest BCUT2D eigenvalue weighted by Crippen LogP contribution is -2.14. The quantitative estimate of drug-likeness (QED) is 0.676. The summed E-state index contributed by atoms with van der Waals surface area (Å²) in [5.74, 6) is 0. The first-order valence-electron chi connectivity index (χ1n) is 6.39. The zero-order valence-electron chi connectivity index (χ0n) is 10.4. The summed E-state index contributed by atoms with van der Waals surface area (Å²) >= 11 is 0. The molecule has 0 N–H and O–H groups in total. The molecule has 0 aliphatic carbocycles. The fraction of sp³-hybridized carbons (Fsp3) is 0.188. The number of rotatable bonds is 0. The lowest BCUT2D eigenvalue weighted by atomic mass is 10.0. The molecule has 4 rings (SSSR count). The Hall–Kier alpha value is -2.09. The average molecular weight is 234 g/mol. The maximum absolute atomic E-state index is 4.78. The van der Waals surface area contributed by atoms with Crippen molar-refractivity contribution < 1.29 is 0 Å². The van der Waals surface area contributed by atoms with E-state index in [2.05, 4.69) is 54.3 Å². The fourth-order valence-corrected chi connectivity index (χ4v) is 3.02. The minimum Gasteiger partial charge on any atom is -0.339 e. The van der Waals surface area contributed by atoms with E-state index in [-0.39, 0.29) is 0 Å². The maximum atomic E-state index is 4.78. The lowest BCUT2D eigenvalue weighted by Gasteiger charge is -2.21. The molecule has 0 saturated carbocycles. The molecule has 0 unspecified atom stereocenters. The van der Waals surface area contributed by atoms with Gasteiger partial charge in [0.25, 0.3) is 0 Å². The second-order valence-corrected chi connectivity index (χ2v) is 4.90. The van der Waals surface area contributed by atoms with Crippen molar-refractivity contribution in [3.63, 3.8) is 0 Å². The van der Waals surface area contributed by atoms with Crippen molar-refractivity contribution >= 4 is 22.8 Å². The average Bonchev–Trinajstić information content (AvgIpc) is 2.77. The van der Waals surface area contributed by atoms with Gasteiger partial charge >= 0.3 is 0 Å². The predicted molar refractivity (Wildman–Crippen MR) is 75.5 cm³/mol. The molecule has 0 saturated heterocycles. The Morgan fingerprint density at radius 3 is 2.89 bits per heavy atom. The van der Waals surface area contributed by atoms with Gasteiger partial charge in [0, 0.05) is 17.8 Å². The number of benzene rings is 2. The second kappa shape index (κ2) is 3.45. The normalized spacial score (nSPS) is 15.8. The first-order valence-corrected chi connectivity index (χ1v) is 6.39. The van der Waals surface area contributed by atoms with Crippen LogP contribution in [-0.4, -0.2) is 12.3 Å². The first-order chi connectivity index (χ1) is 8.84. The van der Waals surface area contributed by atoms with E-state index < -0.39 is 0 Å². The number of anilines is 2. The van der Waals surface area contributed by atoms with Crippen LogP contribution < -0.4 is 4.90 Å². The van der Waals surface area contributed by atoms with Crippen LogP contribution >= 0.6 is 0 Å². The molecule has 0 radical (unpaired) electrons. The summed E-state index contributed by atoms with van der Waals surface area (Å²) in [7, 11) is 0. The van der Waals surface area contributed by atoms with Gasteiger partial charge in [0.15, 0.2) is 0 Å². The third kappa shape index (κ3) is 1.20. The van der Waals surface area contributed by atoms with E-state index >= 15 is 0 Å². The van der Waals surface area contributed by atoms with Crippen LogP contribution in [0, 0.1) is 0 Å². The zero-order chi connectivity index (χ0) is 12.1. The molecule has 0 spiro atoms. The molecule has 88 valence electrons. The Bertz CT molecular complexity index is 671. The molecule has 2 heteroatoms. The van der Waals surface area contributed by atoms with Gasteiger partial charge in [-0.15, -0.1) is 0 Å². The highest BCUT2D eigenvalue weighted by atomic mass is 15.2. The summed E-state index contributed by atoms with van der Waals surface area (Å²) in [6.45, 7) is 3.17. The van der Waals surface area contributed by atoms with Gasteiger partial charge < -0.3 is 4.90 Å². The molecular weight excluding hydrogens is 220 g/mol. The highest BCUT2D eigenvalue weighted by Crippen LogP contribution is 2.44. The summed E-state index contributed by atoms with van der Waals surface area (Å²) in [4.78, 5) is 7.20. The zero-order valence-corrected chi connectivity index (χ0v) is 10.4. The molecule has 2 nitrogen and oxygen atoms in total. The topological polar surface area (TPSA) is 15.6 Å². The number of hydrogen-bond donors (Lipinski definition) is 0. The second-order valence-electron chi connectivity index (χ2n) is 4.90. The van der Waals surface area contributed by atoms with Crippen LogP contribution in [0.1, 0.15) is 18.1 Å². The minimum absolute atomic E-state index is 1.06. The fourth-order valence-electron chi connectivity index (χ4n) is 3.02. The molecule has 2 aromatic carbocycles. The van der Waals surface area contributed by atoms with Crippen molar-refractivity contribution in [2.24, 2.45) is 4.99 Å². The van der Waals surface area contributed by atoms with Crippen molar-refractivity contribution in [2.45, 2.75) is 13.3 Å². The van der Waals surface area contributed by atoms with Gasteiger partial charge in [-0.3, -0.25) is 4.99 Å².